The third-order valence-electron chi connectivity index (χ3n) is 6.65. The molecule has 3 aliphatic heterocycles. The van der Waals surface area contributed by atoms with E-state index in [0.717, 1.165) is 0 Å². The molecule has 2 aromatic rings. The van der Waals surface area contributed by atoms with Crippen LogP contribution in [0.15, 0.2) is 48.5 Å². The number of piperazine rings is 1. The van der Waals surface area contributed by atoms with Crippen LogP contribution in [0.25, 0.3) is 0 Å². The topological polar surface area (TPSA) is 81.2 Å². The van der Waals surface area contributed by atoms with Crippen LogP contribution in [-0.4, -0.2) is 71.7 Å². The molecule has 0 radical (unpaired) electrons. The third-order valence-corrected chi connectivity index (χ3v) is 7.15. The first kappa shape index (κ1) is 23.0. The number of imide groups is 2. The average molecular weight is 501 g/mol. The number of hydrogen-bond acceptors (Lipinski definition) is 6. The van der Waals surface area contributed by atoms with E-state index in [9.17, 15) is 19.2 Å². The minimum Gasteiger partial charge on any atom is -0.289 e. The Morgan fingerprint density at radius 2 is 0.882 bits per heavy atom. The highest BCUT2D eigenvalue weighted by Gasteiger charge is 2.46. The van der Waals surface area contributed by atoms with Gasteiger partial charge in [0.1, 0.15) is 0 Å². The van der Waals surface area contributed by atoms with Crippen LogP contribution in [0.4, 0.5) is 11.4 Å². The number of carbonyl (C=O) groups excluding carboxylic acids is 4. The van der Waals surface area contributed by atoms with Crippen molar-refractivity contribution in [3.8, 4) is 0 Å². The molecule has 3 aliphatic rings. The predicted molar refractivity (Wildman–Crippen MR) is 128 cm³/mol. The summed E-state index contributed by atoms with van der Waals surface area (Å²) in [7, 11) is 0. The van der Waals surface area contributed by atoms with Crippen LogP contribution in [0.1, 0.15) is 12.8 Å². The van der Waals surface area contributed by atoms with Crippen molar-refractivity contribution in [3.63, 3.8) is 0 Å². The van der Waals surface area contributed by atoms with Gasteiger partial charge in [0.2, 0.25) is 11.8 Å². The molecule has 2 atom stereocenters. The lowest BCUT2D eigenvalue weighted by Crippen LogP contribution is -2.56. The van der Waals surface area contributed by atoms with Crippen LogP contribution in [-0.2, 0) is 19.2 Å². The second kappa shape index (κ2) is 9.11. The van der Waals surface area contributed by atoms with Crippen molar-refractivity contribution >= 4 is 58.2 Å². The highest BCUT2D eigenvalue weighted by atomic mass is 35.5. The number of anilines is 2. The van der Waals surface area contributed by atoms with Gasteiger partial charge < -0.3 is 0 Å². The van der Waals surface area contributed by atoms with Crippen molar-refractivity contribution in [1.29, 1.82) is 0 Å². The number of benzene rings is 2. The molecular weight excluding hydrogens is 479 g/mol. The van der Waals surface area contributed by atoms with Gasteiger partial charge in [-0.05, 0) is 48.5 Å². The van der Waals surface area contributed by atoms with Gasteiger partial charge in [0.05, 0.1) is 36.3 Å². The van der Waals surface area contributed by atoms with E-state index >= 15 is 0 Å². The molecule has 0 bridgehead atoms. The van der Waals surface area contributed by atoms with Gasteiger partial charge in [0.15, 0.2) is 0 Å². The summed E-state index contributed by atoms with van der Waals surface area (Å²) in [5.74, 6) is -0.978. The number of rotatable bonds is 4. The molecule has 176 valence electrons. The number of nitrogens with zero attached hydrogens (tertiary/aromatic N) is 4. The molecule has 5 rings (SSSR count). The van der Waals surface area contributed by atoms with Gasteiger partial charge >= 0.3 is 0 Å². The fraction of sp³-hybridized carbons (Fsp3) is 0.333. The lowest BCUT2D eigenvalue weighted by atomic mass is 10.1. The van der Waals surface area contributed by atoms with E-state index in [1.165, 1.54) is 9.80 Å². The Morgan fingerprint density at radius 3 is 1.21 bits per heavy atom. The number of halogens is 2. The minimum absolute atomic E-state index is 0.118. The lowest BCUT2D eigenvalue weighted by molar-refractivity contribution is -0.126. The van der Waals surface area contributed by atoms with Crippen molar-refractivity contribution in [2.24, 2.45) is 0 Å². The summed E-state index contributed by atoms with van der Waals surface area (Å²) in [4.78, 5) is 57.8. The first-order valence-corrected chi connectivity index (χ1v) is 11.8. The van der Waals surface area contributed by atoms with Gasteiger partial charge in [-0.15, -0.1) is 0 Å². The zero-order chi connectivity index (χ0) is 24.0. The Kier molecular flexibility index (Phi) is 6.16. The normalized spacial score (nSPS) is 24.5. The van der Waals surface area contributed by atoms with Crippen LogP contribution in [0, 0.1) is 0 Å². The minimum atomic E-state index is -0.531. The molecule has 10 heteroatoms. The molecule has 0 N–H and O–H groups in total. The standard InChI is InChI=1S/C24H22Cl2N4O4/c25-15-1-5-17(6-2-15)29-21(31)13-19(23(29)33)27-9-11-28(12-10-27)20-14-22(32)30(24(20)34)18-7-3-16(26)4-8-18/h1-8,19-20H,9-14H2. The van der Waals surface area contributed by atoms with Crippen molar-refractivity contribution in [1.82, 2.24) is 9.80 Å². The summed E-state index contributed by atoms with van der Waals surface area (Å²) in [5, 5.41) is 1.06. The molecule has 0 saturated carbocycles. The number of amides is 4. The molecular formula is C24H22Cl2N4O4. The number of hydrogen-bond donors (Lipinski definition) is 0. The molecule has 0 aromatic heterocycles. The maximum atomic E-state index is 13.1. The maximum Gasteiger partial charge on any atom is 0.251 e. The van der Waals surface area contributed by atoms with Crippen molar-refractivity contribution in [3.05, 3.63) is 58.6 Å². The molecule has 3 heterocycles. The first-order chi connectivity index (χ1) is 16.3. The summed E-state index contributed by atoms with van der Waals surface area (Å²) < 4.78 is 0. The second-order valence-electron chi connectivity index (χ2n) is 8.60. The van der Waals surface area contributed by atoms with Gasteiger partial charge in [0, 0.05) is 36.2 Å². The highest BCUT2D eigenvalue weighted by Crippen LogP contribution is 2.30. The molecule has 0 spiro atoms. The van der Waals surface area contributed by atoms with E-state index in [4.69, 9.17) is 23.2 Å². The third kappa shape index (κ3) is 4.11. The lowest BCUT2D eigenvalue weighted by Gasteiger charge is -2.38. The Balaban J connectivity index is 1.23. The van der Waals surface area contributed by atoms with E-state index in [1.807, 2.05) is 9.80 Å². The zero-order valence-corrected chi connectivity index (χ0v) is 19.7. The van der Waals surface area contributed by atoms with Crippen LogP contribution in [0.5, 0.6) is 0 Å². The smallest absolute Gasteiger partial charge is 0.251 e. The van der Waals surface area contributed by atoms with Gasteiger partial charge in [-0.25, -0.2) is 9.80 Å². The monoisotopic (exact) mass is 500 g/mol. The molecule has 0 aliphatic carbocycles. The molecule has 2 aromatic carbocycles. The molecule has 3 fully saturated rings. The predicted octanol–water partition coefficient (Wildman–Crippen LogP) is 2.58. The summed E-state index contributed by atoms with van der Waals surface area (Å²) in [5.41, 5.74) is 1.02. The van der Waals surface area contributed by atoms with Crippen molar-refractivity contribution < 1.29 is 19.2 Å². The molecule has 34 heavy (non-hydrogen) atoms. The second-order valence-corrected chi connectivity index (χ2v) is 9.47. The van der Waals surface area contributed by atoms with Crippen LogP contribution >= 0.6 is 23.2 Å². The highest BCUT2D eigenvalue weighted by molar-refractivity contribution is 6.31. The number of carbonyl (C=O) groups is 4. The molecule has 3 saturated heterocycles. The Morgan fingerprint density at radius 1 is 0.559 bits per heavy atom. The first-order valence-electron chi connectivity index (χ1n) is 11.1. The summed E-state index contributed by atoms with van der Waals surface area (Å²) in [6.45, 7) is 2.10. The average Bonchev–Trinajstić information content (AvgIpc) is 3.29. The molecule has 4 amide bonds. The fourth-order valence-corrected chi connectivity index (χ4v) is 5.14. The maximum absolute atomic E-state index is 13.1. The SMILES string of the molecule is O=C1CC(N2CCN(C3CC(=O)N(c4ccc(Cl)cc4)C3=O)CC2)C(=O)N1c1ccc(Cl)cc1. The van der Waals surface area contributed by atoms with E-state index in [2.05, 4.69) is 0 Å². The largest absolute Gasteiger partial charge is 0.289 e. The van der Waals surface area contributed by atoms with Gasteiger partial charge in [-0.2, -0.15) is 0 Å². The van der Waals surface area contributed by atoms with E-state index < -0.39 is 12.1 Å². The Labute approximate surface area is 206 Å². The zero-order valence-electron chi connectivity index (χ0n) is 18.2. The van der Waals surface area contributed by atoms with Gasteiger partial charge in [-0.1, -0.05) is 23.2 Å². The van der Waals surface area contributed by atoms with E-state index in [1.54, 1.807) is 48.5 Å². The molecule has 8 nitrogen and oxygen atoms in total. The summed E-state index contributed by atoms with van der Waals surface area (Å²) >= 11 is 11.8. The van der Waals surface area contributed by atoms with Gasteiger partial charge in [-0.3, -0.25) is 29.0 Å². The van der Waals surface area contributed by atoms with Crippen molar-refractivity contribution in [2.75, 3.05) is 36.0 Å². The van der Waals surface area contributed by atoms with Crippen molar-refractivity contribution in [2.45, 2.75) is 24.9 Å². The fourth-order valence-electron chi connectivity index (χ4n) is 4.89. The summed E-state index contributed by atoms with van der Waals surface area (Å²) in [6.07, 6.45) is 0.235. The van der Waals surface area contributed by atoms with Crippen LogP contribution in [0.2, 0.25) is 10.0 Å². The summed E-state index contributed by atoms with van der Waals surface area (Å²) in [6, 6.07) is 12.2. The molecule has 2 unspecified atom stereocenters. The van der Waals surface area contributed by atoms with Crippen LogP contribution < -0.4 is 9.80 Å². The van der Waals surface area contributed by atoms with Crippen LogP contribution in [0.3, 0.4) is 0 Å². The Hall–Kier alpha value is -2.78. The quantitative estimate of drug-likeness (QED) is 0.600. The van der Waals surface area contributed by atoms with E-state index in [-0.39, 0.29) is 36.5 Å². The van der Waals surface area contributed by atoms with E-state index in [0.29, 0.717) is 47.6 Å². The Bertz CT molecular complexity index is 1060. The van der Waals surface area contributed by atoms with Gasteiger partial charge in [0.25, 0.3) is 11.8 Å².